The number of nitrogens with zero attached hydrogens (tertiary/aromatic N) is 5. The van der Waals surface area contributed by atoms with Crippen LogP contribution in [0.2, 0.25) is 0 Å². The number of rotatable bonds is 5. The van der Waals surface area contributed by atoms with Crippen LogP contribution < -0.4 is 16.8 Å². The van der Waals surface area contributed by atoms with E-state index in [-0.39, 0.29) is 12.1 Å². The lowest BCUT2D eigenvalue weighted by molar-refractivity contribution is 0.612. The predicted octanol–water partition coefficient (Wildman–Crippen LogP) is 1.74. The number of halogens is 1. The smallest absolute Gasteiger partial charge is 0.324 e. The van der Waals surface area contributed by atoms with Crippen molar-refractivity contribution in [1.29, 1.82) is 0 Å². The Morgan fingerprint density at radius 2 is 2.00 bits per heavy atom. The normalized spacial score (nSPS) is 11.6. The highest BCUT2D eigenvalue weighted by Gasteiger charge is 2.17. The third-order valence-electron chi connectivity index (χ3n) is 4.94. The molecule has 150 valence electrons. The van der Waals surface area contributed by atoms with Crippen LogP contribution in [0, 0.1) is 0 Å². The van der Waals surface area contributed by atoms with Crippen molar-refractivity contribution in [3.8, 4) is 0 Å². The highest BCUT2D eigenvalue weighted by atomic mass is 79.9. The molecule has 0 atom stereocenters. The van der Waals surface area contributed by atoms with Crippen LogP contribution in [0.15, 0.2) is 43.4 Å². The third kappa shape index (κ3) is 3.33. The first-order valence-electron chi connectivity index (χ1n) is 9.23. The van der Waals surface area contributed by atoms with Crippen LogP contribution in [0.3, 0.4) is 0 Å². The molecule has 0 amide bonds. The van der Waals surface area contributed by atoms with Crippen LogP contribution >= 0.6 is 15.9 Å². The molecule has 0 saturated heterocycles. The van der Waals surface area contributed by atoms with Gasteiger partial charge in [0.25, 0.3) is 11.1 Å². The number of imidazole rings is 1. The van der Waals surface area contributed by atoms with Crippen LogP contribution in [0.4, 0.5) is 0 Å². The van der Waals surface area contributed by atoms with Gasteiger partial charge >= 0.3 is 5.69 Å². The van der Waals surface area contributed by atoms with Crippen molar-refractivity contribution in [2.75, 3.05) is 0 Å². The van der Waals surface area contributed by atoms with Crippen molar-refractivity contribution in [2.24, 2.45) is 7.05 Å². The fourth-order valence-electron chi connectivity index (χ4n) is 3.35. The Bertz CT molecular complexity index is 1410. The van der Waals surface area contributed by atoms with Crippen LogP contribution in [-0.2, 0) is 20.1 Å². The van der Waals surface area contributed by atoms with Gasteiger partial charge in [-0.25, -0.2) is 14.8 Å². The molecule has 0 fully saturated rings. The maximum absolute atomic E-state index is 12.9. The number of unbranched alkanes of at least 4 members (excludes halogenated alkanes) is 1. The number of benzene rings is 1. The zero-order chi connectivity index (χ0) is 20.7. The summed E-state index contributed by atoms with van der Waals surface area (Å²) in [5.41, 5.74) is 0.0568. The lowest BCUT2D eigenvalue weighted by atomic mass is 10.2. The summed E-state index contributed by atoms with van der Waals surface area (Å²) >= 11 is 3.37. The molecule has 0 unspecified atom stereocenters. The fourth-order valence-corrected chi connectivity index (χ4v) is 3.71. The Hall–Kier alpha value is -3.01. The Morgan fingerprint density at radius 1 is 1.21 bits per heavy atom. The van der Waals surface area contributed by atoms with Crippen LogP contribution in [0.25, 0.3) is 22.1 Å². The summed E-state index contributed by atoms with van der Waals surface area (Å²) in [7, 11) is 1.70. The highest BCUT2D eigenvalue weighted by Crippen LogP contribution is 2.16. The summed E-state index contributed by atoms with van der Waals surface area (Å²) in [4.78, 5) is 48.7. The molecule has 29 heavy (non-hydrogen) atoms. The van der Waals surface area contributed by atoms with Gasteiger partial charge < -0.3 is 4.57 Å². The summed E-state index contributed by atoms with van der Waals surface area (Å²) in [6.45, 7) is 2.61. The van der Waals surface area contributed by atoms with E-state index < -0.39 is 11.2 Å². The molecule has 0 saturated carbocycles. The average molecular weight is 459 g/mol. The standard InChI is InChI=1S/C19H19BrN6O3/c1-3-4-7-26-16-15(17(27)23-19(26)29)24(2)14(22-16)9-25-10-21-13-6-5-11(20)8-12(13)18(25)28/h5-6,8,10H,3-4,7,9H2,1-2H3,(H,23,27,29). The van der Waals surface area contributed by atoms with Crippen LogP contribution in [-0.4, -0.2) is 28.7 Å². The number of aromatic nitrogens is 6. The summed E-state index contributed by atoms with van der Waals surface area (Å²) in [5, 5.41) is 0.485. The second-order valence-corrected chi connectivity index (χ2v) is 7.78. The molecule has 0 bridgehead atoms. The Morgan fingerprint density at radius 3 is 2.76 bits per heavy atom. The van der Waals surface area contributed by atoms with Gasteiger partial charge in [0.15, 0.2) is 11.2 Å². The summed E-state index contributed by atoms with van der Waals surface area (Å²) in [6.07, 6.45) is 3.16. The molecular formula is C19H19BrN6O3. The zero-order valence-electron chi connectivity index (χ0n) is 16.0. The number of fused-ring (bicyclic) bond motifs is 2. The number of aryl methyl sites for hydroxylation is 2. The summed E-state index contributed by atoms with van der Waals surface area (Å²) in [5.74, 6) is 0.486. The first-order valence-corrected chi connectivity index (χ1v) is 10.0. The molecule has 3 heterocycles. The van der Waals surface area contributed by atoms with E-state index in [2.05, 4.69) is 30.9 Å². The maximum Gasteiger partial charge on any atom is 0.330 e. The van der Waals surface area contributed by atoms with E-state index in [4.69, 9.17) is 0 Å². The SMILES string of the molecule is CCCCn1c(=O)[nH]c(=O)c2c1nc(Cn1cnc3ccc(Br)cc3c1=O)n2C. The maximum atomic E-state index is 12.9. The van der Waals surface area contributed by atoms with E-state index in [1.165, 1.54) is 15.5 Å². The molecule has 0 radical (unpaired) electrons. The third-order valence-corrected chi connectivity index (χ3v) is 5.43. The van der Waals surface area contributed by atoms with Gasteiger partial charge in [0.2, 0.25) is 0 Å². The van der Waals surface area contributed by atoms with Gasteiger partial charge in [-0.15, -0.1) is 0 Å². The van der Waals surface area contributed by atoms with Crippen molar-refractivity contribution in [3.63, 3.8) is 0 Å². The minimum Gasteiger partial charge on any atom is -0.324 e. The van der Waals surface area contributed by atoms with Crippen molar-refractivity contribution >= 4 is 38.0 Å². The van der Waals surface area contributed by atoms with Gasteiger partial charge in [-0.05, 0) is 24.6 Å². The lowest BCUT2D eigenvalue weighted by Crippen LogP contribution is -2.31. The second kappa shape index (κ2) is 7.43. The van der Waals surface area contributed by atoms with E-state index >= 15 is 0 Å². The molecular weight excluding hydrogens is 440 g/mol. The van der Waals surface area contributed by atoms with Gasteiger partial charge in [-0.1, -0.05) is 29.3 Å². The minimum absolute atomic E-state index is 0.126. The molecule has 0 spiro atoms. The molecule has 4 rings (SSSR count). The van der Waals surface area contributed by atoms with E-state index in [0.717, 1.165) is 17.3 Å². The monoisotopic (exact) mass is 458 g/mol. The van der Waals surface area contributed by atoms with E-state index in [0.29, 0.717) is 34.4 Å². The van der Waals surface area contributed by atoms with Crippen molar-refractivity contribution in [1.82, 2.24) is 28.7 Å². The van der Waals surface area contributed by atoms with E-state index in [9.17, 15) is 14.4 Å². The second-order valence-electron chi connectivity index (χ2n) is 6.86. The Kier molecular flexibility index (Phi) is 4.95. The molecule has 3 aromatic heterocycles. The largest absolute Gasteiger partial charge is 0.330 e. The topological polar surface area (TPSA) is 108 Å². The van der Waals surface area contributed by atoms with Gasteiger partial charge in [-0.2, -0.15) is 0 Å². The molecule has 1 N–H and O–H groups in total. The summed E-state index contributed by atoms with van der Waals surface area (Å²) < 4.78 is 5.32. The molecule has 10 heteroatoms. The lowest BCUT2D eigenvalue weighted by Gasteiger charge is -2.07. The summed E-state index contributed by atoms with van der Waals surface area (Å²) in [6, 6.07) is 5.32. The molecule has 0 aliphatic rings. The van der Waals surface area contributed by atoms with E-state index in [1.54, 1.807) is 23.7 Å². The van der Waals surface area contributed by atoms with Gasteiger partial charge in [-0.3, -0.25) is 23.7 Å². The molecule has 9 nitrogen and oxygen atoms in total. The van der Waals surface area contributed by atoms with Crippen LogP contribution in [0.1, 0.15) is 25.6 Å². The molecule has 0 aliphatic carbocycles. The van der Waals surface area contributed by atoms with E-state index in [1.807, 2.05) is 13.0 Å². The number of hydrogen-bond acceptors (Lipinski definition) is 5. The number of hydrogen-bond donors (Lipinski definition) is 1. The van der Waals surface area contributed by atoms with Crippen LogP contribution in [0.5, 0.6) is 0 Å². The molecule has 4 aromatic rings. The fraction of sp³-hybridized carbons (Fsp3) is 0.316. The first-order chi connectivity index (χ1) is 13.9. The van der Waals surface area contributed by atoms with Crippen molar-refractivity contribution in [3.05, 3.63) is 66.0 Å². The van der Waals surface area contributed by atoms with Gasteiger partial charge in [0, 0.05) is 18.1 Å². The molecule has 0 aliphatic heterocycles. The average Bonchev–Trinajstić information content (AvgIpc) is 3.01. The van der Waals surface area contributed by atoms with Crippen molar-refractivity contribution in [2.45, 2.75) is 32.9 Å². The van der Waals surface area contributed by atoms with Gasteiger partial charge in [0.05, 0.1) is 23.8 Å². The number of H-pyrrole nitrogens is 1. The van der Waals surface area contributed by atoms with Gasteiger partial charge in [0.1, 0.15) is 5.82 Å². The minimum atomic E-state index is -0.494. The Balaban J connectivity index is 1.86. The van der Waals surface area contributed by atoms with Crippen molar-refractivity contribution < 1.29 is 0 Å². The number of aromatic amines is 1. The quantitative estimate of drug-likeness (QED) is 0.489. The number of nitrogens with one attached hydrogen (secondary N) is 1. The predicted molar refractivity (Wildman–Crippen MR) is 113 cm³/mol. The first kappa shape index (κ1) is 19.3. The Labute approximate surface area is 172 Å². The highest BCUT2D eigenvalue weighted by molar-refractivity contribution is 9.10. The molecule has 1 aromatic carbocycles. The zero-order valence-corrected chi connectivity index (χ0v) is 17.6.